The lowest BCUT2D eigenvalue weighted by atomic mass is 10.2. The van der Waals surface area contributed by atoms with Crippen LogP contribution in [0.2, 0.25) is 5.02 Å². The number of benzene rings is 2. The highest BCUT2D eigenvalue weighted by Gasteiger charge is 2.19. The van der Waals surface area contributed by atoms with Crippen LogP contribution in [0.15, 0.2) is 57.8 Å². The van der Waals surface area contributed by atoms with Gasteiger partial charge in [-0.2, -0.15) is 0 Å². The summed E-state index contributed by atoms with van der Waals surface area (Å²) in [7, 11) is -3.91. The fourth-order valence-corrected chi connectivity index (χ4v) is 3.50. The molecule has 0 saturated heterocycles. The van der Waals surface area contributed by atoms with Crippen molar-refractivity contribution in [2.24, 2.45) is 0 Å². The lowest BCUT2D eigenvalue weighted by molar-refractivity contribution is -0.136. The van der Waals surface area contributed by atoms with Gasteiger partial charge in [-0.1, -0.05) is 29.8 Å². The zero-order valence-corrected chi connectivity index (χ0v) is 15.4. The Kier molecular flexibility index (Phi) is 5.54. The summed E-state index contributed by atoms with van der Waals surface area (Å²) < 4.78 is 32.5. The van der Waals surface area contributed by atoms with Gasteiger partial charge in [0.1, 0.15) is 0 Å². The molecule has 8 nitrogen and oxygen atoms in total. The third-order valence-electron chi connectivity index (χ3n) is 3.56. The number of aromatic nitrogens is 2. The fourth-order valence-electron chi connectivity index (χ4n) is 2.24. The van der Waals surface area contributed by atoms with Gasteiger partial charge in [-0.05, 0) is 30.3 Å². The van der Waals surface area contributed by atoms with Crippen LogP contribution in [0, 0.1) is 0 Å². The highest BCUT2D eigenvalue weighted by molar-refractivity contribution is 7.89. The molecule has 2 N–H and O–H groups in total. The number of nitrogens with zero attached hydrogens (tertiary/aromatic N) is 2. The van der Waals surface area contributed by atoms with Crippen LogP contribution in [0.3, 0.4) is 0 Å². The second kappa shape index (κ2) is 7.87. The van der Waals surface area contributed by atoms with Crippen LogP contribution in [0.1, 0.15) is 6.42 Å². The van der Waals surface area contributed by atoms with Crippen LogP contribution in [0.4, 0.5) is 0 Å². The van der Waals surface area contributed by atoms with Gasteiger partial charge in [0.05, 0.1) is 21.9 Å². The summed E-state index contributed by atoms with van der Waals surface area (Å²) in [6, 6.07) is 13.1. The molecule has 0 aliphatic heterocycles. The molecule has 0 aliphatic carbocycles. The Morgan fingerprint density at radius 1 is 1.11 bits per heavy atom. The summed E-state index contributed by atoms with van der Waals surface area (Å²) in [6.07, 6.45) is -0.330. The molecule has 2 aromatic carbocycles. The molecule has 0 unspecified atom stereocenters. The van der Waals surface area contributed by atoms with Crippen molar-refractivity contribution in [1.82, 2.24) is 14.9 Å². The van der Waals surface area contributed by atoms with E-state index in [0.29, 0.717) is 5.56 Å². The van der Waals surface area contributed by atoms with Crippen molar-refractivity contribution < 1.29 is 22.7 Å². The average Bonchev–Trinajstić information content (AvgIpc) is 3.12. The third kappa shape index (κ3) is 4.51. The topological polar surface area (TPSA) is 122 Å². The smallest absolute Gasteiger partial charge is 0.304 e. The molecule has 1 aromatic heterocycles. The summed E-state index contributed by atoms with van der Waals surface area (Å²) in [6.45, 7) is -0.228. The number of nitrogens with one attached hydrogen (secondary N) is 1. The number of rotatable bonds is 7. The van der Waals surface area contributed by atoms with Gasteiger partial charge in [-0.3, -0.25) is 4.79 Å². The van der Waals surface area contributed by atoms with E-state index in [1.165, 1.54) is 18.2 Å². The molecular formula is C17H14ClN3O5S. The Morgan fingerprint density at radius 2 is 1.81 bits per heavy atom. The predicted octanol–water partition coefficient (Wildman–Crippen LogP) is 2.81. The maximum absolute atomic E-state index is 12.3. The molecule has 0 aliphatic rings. The van der Waals surface area contributed by atoms with Crippen molar-refractivity contribution >= 4 is 27.6 Å². The van der Waals surface area contributed by atoms with Crippen molar-refractivity contribution in [3.8, 4) is 22.9 Å². The van der Waals surface area contributed by atoms with E-state index < -0.39 is 16.0 Å². The molecule has 3 rings (SSSR count). The molecule has 0 fully saturated rings. The quantitative estimate of drug-likeness (QED) is 0.617. The Hall–Kier alpha value is -2.75. The molecule has 0 bridgehead atoms. The molecule has 3 aromatic rings. The molecule has 0 spiro atoms. The number of hydrogen-bond acceptors (Lipinski definition) is 6. The highest BCUT2D eigenvalue weighted by atomic mass is 35.5. The number of carbonyl (C=O) groups is 1. The Balaban J connectivity index is 1.90. The first-order chi connectivity index (χ1) is 12.9. The Bertz CT molecular complexity index is 1070. The van der Waals surface area contributed by atoms with Gasteiger partial charge in [0.25, 0.3) is 0 Å². The van der Waals surface area contributed by atoms with Gasteiger partial charge in [0.15, 0.2) is 0 Å². The summed E-state index contributed by atoms with van der Waals surface area (Å²) in [5, 5.41) is 16.8. The van der Waals surface area contributed by atoms with Crippen molar-refractivity contribution in [1.29, 1.82) is 0 Å². The molecule has 27 heavy (non-hydrogen) atoms. The number of hydrogen-bond donors (Lipinski definition) is 2. The number of carboxylic acids is 1. The van der Waals surface area contributed by atoms with Crippen LogP contribution >= 0.6 is 11.6 Å². The largest absolute Gasteiger partial charge is 0.481 e. The van der Waals surface area contributed by atoms with Gasteiger partial charge < -0.3 is 9.52 Å². The molecule has 0 amide bonds. The summed E-state index contributed by atoms with van der Waals surface area (Å²) in [4.78, 5) is 10.5. The van der Waals surface area contributed by atoms with E-state index in [2.05, 4.69) is 14.9 Å². The van der Waals surface area contributed by atoms with Gasteiger partial charge in [0.2, 0.25) is 21.8 Å². The van der Waals surface area contributed by atoms with Crippen LogP contribution in [-0.4, -0.2) is 36.2 Å². The van der Waals surface area contributed by atoms with Crippen molar-refractivity contribution in [3.63, 3.8) is 0 Å². The van der Waals surface area contributed by atoms with Crippen molar-refractivity contribution in [2.75, 3.05) is 6.54 Å². The number of halogens is 1. The lowest BCUT2D eigenvalue weighted by Crippen LogP contribution is -2.26. The van der Waals surface area contributed by atoms with E-state index in [9.17, 15) is 13.2 Å². The highest BCUT2D eigenvalue weighted by Crippen LogP contribution is 2.31. The van der Waals surface area contributed by atoms with E-state index >= 15 is 0 Å². The summed E-state index contributed by atoms with van der Waals surface area (Å²) in [5.74, 6) is -0.759. The van der Waals surface area contributed by atoms with Crippen LogP contribution in [0.5, 0.6) is 0 Å². The second-order valence-electron chi connectivity index (χ2n) is 5.46. The molecule has 0 radical (unpaired) electrons. The molecule has 1 heterocycles. The molecule has 0 atom stereocenters. The minimum absolute atomic E-state index is 0.0708. The SMILES string of the molecule is O=C(O)CCNS(=O)(=O)c1ccc(Cl)c(-c2nnc(-c3ccccc3)o2)c1. The maximum atomic E-state index is 12.3. The summed E-state index contributed by atoms with van der Waals surface area (Å²) >= 11 is 6.16. The number of carboxylic acid groups (broad SMARTS) is 1. The minimum atomic E-state index is -3.91. The van der Waals surface area contributed by atoms with E-state index in [1.54, 1.807) is 12.1 Å². The molecular weight excluding hydrogens is 394 g/mol. The molecule has 10 heteroatoms. The van der Waals surface area contributed by atoms with Crippen LogP contribution in [-0.2, 0) is 14.8 Å². The van der Waals surface area contributed by atoms with Crippen molar-refractivity contribution in [2.45, 2.75) is 11.3 Å². The van der Waals surface area contributed by atoms with Gasteiger partial charge in [0, 0.05) is 12.1 Å². The maximum Gasteiger partial charge on any atom is 0.304 e. The summed E-state index contributed by atoms with van der Waals surface area (Å²) in [5.41, 5.74) is 0.971. The monoisotopic (exact) mass is 407 g/mol. The number of sulfonamides is 1. The van der Waals surface area contributed by atoms with Crippen LogP contribution in [0.25, 0.3) is 22.9 Å². The van der Waals surface area contributed by atoms with Gasteiger partial charge in [-0.25, -0.2) is 13.1 Å². The van der Waals surface area contributed by atoms with Gasteiger partial charge >= 0.3 is 5.97 Å². The van der Waals surface area contributed by atoms with E-state index in [1.807, 2.05) is 18.2 Å². The third-order valence-corrected chi connectivity index (χ3v) is 5.34. The lowest BCUT2D eigenvalue weighted by Gasteiger charge is -2.07. The molecule has 0 saturated carbocycles. The predicted molar refractivity (Wildman–Crippen MR) is 97.6 cm³/mol. The van der Waals surface area contributed by atoms with Crippen molar-refractivity contribution in [3.05, 3.63) is 53.6 Å². The number of aliphatic carboxylic acids is 1. The van der Waals surface area contributed by atoms with E-state index in [0.717, 1.165) is 0 Å². The van der Waals surface area contributed by atoms with Gasteiger partial charge in [-0.15, -0.1) is 10.2 Å². The normalized spacial score (nSPS) is 11.4. The van der Waals surface area contributed by atoms with E-state index in [4.69, 9.17) is 21.1 Å². The zero-order chi connectivity index (χ0) is 19.4. The fraction of sp³-hybridized carbons (Fsp3) is 0.118. The minimum Gasteiger partial charge on any atom is -0.481 e. The zero-order valence-electron chi connectivity index (χ0n) is 13.8. The van der Waals surface area contributed by atoms with E-state index in [-0.39, 0.29) is 40.2 Å². The average molecular weight is 408 g/mol. The first-order valence-electron chi connectivity index (χ1n) is 7.77. The Labute approximate surface area is 159 Å². The Morgan fingerprint density at radius 3 is 2.52 bits per heavy atom. The first kappa shape index (κ1) is 19.0. The molecule has 140 valence electrons. The second-order valence-corrected chi connectivity index (χ2v) is 7.64. The van der Waals surface area contributed by atoms with Crippen LogP contribution < -0.4 is 4.72 Å². The standard InChI is InChI=1S/C17H14ClN3O5S/c18-14-7-6-12(27(24,25)19-9-8-15(22)23)10-13(14)17-21-20-16(26-17)11-4-2-1-3-5-11/h1-7,10,19H,8-9H2,(H,22,23). The first-order valence-corrected chi connectivity index (χ1v) is 9.63.